The van der Waals surface area contributed by atoms with Crippen molar-refractivity contribution < 1.29 is 4.58 Å². The van der Waals surface area contributed by atoms with E-state index >= 15 is 0 Å². The van der Waals surface area contributed by atoms with Crippen molar-refractivity contribution in [1.82, 2.24) is 0 Å². The molecule has 2 nitrogen and oxygen atoms in total. The van der Waals surface area contributed by atoms with Crippen molar-refractivity contribution in [2.75, 3.05) is 18.0 Å². The predicted octanol–water partition coefficient (Wildman–Crippen LogP) is 8.40. The Kier molecular flexibility index (Phi) is 7.05. The Morgan fingerprint density at radius 2 is 1.59 bits per heavy atom. The smallest absolute Gasteiger partial charge is 0.209 e. The van der Waals surface area contributed by atoms with E-state index in [0.29, 0.717) is 0 Å². The van der Waals surface area contributed by atoms with Gasteiger partial charge in [-0.1, -0.05) is 80.0 Å². The van der Waals surface area contributed by atoms with Gasteiger partial charge in [-0.05, 0) is 50.1 Å². The number of nitrogens with zero attached hydrogens (tertiary/aromatic N) is 2. The number of benzene rings is 2. The SMILES string of the molecule is CCCN1\C(=C/C=C(Br)/C=C/C2=[N+](CCC)c3ccccc3C2(C)C)C(C)(C)c2ccccc21. The van der Waals surface area contributed by atoms with E-state index in [1.165, 1.54) is 33.9 Å². The number of rotatable bonds is 7. The van der Waals surface area contributed by atoms with Gasteiger partial charge in [0.25, 0.3) is 0 Å². The van der Waals surface area contributed by atoms with Crippen LogP contribution in [0.25, 0.3) is 0 Å². The molecule has 4 rings (SSSR count). The van der Waals surface area contributed by atoms with Gasteiger partial charge in [0, 0.05) is 52.0 Å². The molecule has 0 spiro atoms. The van der Waals surface area contributed by atoms with Crippen molar-refractivity contribution in [3.05, 3.63) is 94.1 Å². The summed E-state index contributed by atoms with van der Waals surface area (Å²) in [5.74, 6) is 0. The van der Waals surface area contributed by atoms with Gasteiger partial charge in [-0.2, -0.15) is 4.58 Å². The van der Waals surface area contributed by atoms with Crippen molar-refractivity contribution in [2.24, 2.45) is 0 Å². The number of para-hydroxylation sites is 2. The van der Waals surface area contributed by atoms with E-state index in [1.807, 2.05) is 0 Å². The minimum Gasteiger partial charge on any atom is -0.344 e. The molecule has 0 aliphatic carbocycles. The highest BCUT2D eigenvalue weighted by Crippen LogP contribution is 2.47. The molecule has 2 aliphatic heterocycles. The van der Waals surface area contributed by atoms with Crippen LogP contribution in [0.1, 0.15) is 65.5 Å². The molecular formula is C31H38BrN2+. The van der Waals surface area contributed by atoms with E-state index < -0.39 is 0 Å². The van der Waals surface area contributed by atoms with E-state index in [2.05, 4.69) is 140 Å². The average Bonchev–Trinajstić information content (AvgIpc) is 3.16. The molecular weight excluding hydrogens is 480 g/mol. The van der Waals surface area contributed by atoms with Crippen LogP contribution in [0.15, 0.2) is 83.0 Å². The highest BCUT2D eigenvalue weighted by molar-refractivity contribution is 9.11. The maximum Gasteiger partial charge on any atom is 0.209 e. The van der Waals surface area contributed by atoms with Crippen LogP contribution < -0.4 is 4.90 Å². The van der Waals surface area contributed by atoms with E-state index in [9.17, 15) is 0 Å². The van der Waals surface area contributed by atoms with Crippen LogP contribution >= 0.6 is 15.9 Å². The molecule has 3 heteroatoms. The van der Waals surface area contributed by atoms with Crippen molar-refractivity contribution >= 4 is 33.0 Å². The van der Waals surface area contributed by atoms with Crippen LogP contribution in [0.2, 0.25) is 0 Å². The summed E-state index contributed by atoms with van der Waals surface area (Å²) in [6.45, 7) is 15.9. The zero-order chi connectivity index (χ0) is 24.5. The summed E-state index contributed by atoms with van der Waals surface area (Å²) in [5.41, 5.74) is 8.19. The quantitative estimate of drug-likeness (QED) is 0.264. The molecule has 0 fully saturated rings. The van der Waals surface area contributed by atoms with Gasteiger partial charge in [0.2, 0.25) is 5.69 Å². The Balaban J connectivity index is 1.67. The van der Waals surface area contributed by atoms with Gasteiger partial charge < -0.3 is 4.90 Å². The van der Waals surface area contributed by atoms with Gasteiger partial charge in [0.15, 0.2) is 5.71 Å². The van der Waals surface area contributed by atoms with Gasteiger partial charge >= 0.3 is 0 Å². The first-order valence-corrected chi connectivity index (χ1v) is 13.4. The van der Waals surface area contributed by atoms with Gasteiger partial charge in [0.1, 0.15) is 6.54 Å². The second kappa shape index (κ2) is 9.70. The lowest BCUT2D eigenvalue weighted by atomic mass is 9.81. The summed E-state index contributed by atoms with van der Waals surface area (Å²) in [7, 11) is 0. The molecule has 0 atom stereocenters. The van der Waals surface area contributed by atoms with Crippen LogP contribution in [0, 0.1) is 0 Å². The number of hydrogen-bond donors (Lipinski definition) is 0. The fraction of sp³-hybridized carbons (Fsp3) is 0.387. The van der Waals surface area contributed by atoms with Crippen LogP contribution in [0.5, 0.6) is 0 Å². The lowest BCUT2D eigenvalue weighted by Gasteiger charge is -2.26. The van der Waals surface area contributed by atoms with Crippen molar-refractivity contribution in [3.63, 3.8) is 0 Å². The first kappa shape index (κ1) is 24.7. The van der Waals surface area contributed by atoms with Crippen molar-refractivity contribution in [3.8, 4) is 0 Å². The lowest BCUT2D eigenvalue weighted by molar-refractivity contribution is -0.437. The third-order valence-electron chi connectivity index (χ3n) is 7.29. The molecule has 2 heterocycles. The normalized spacial score (nSPS) is 19.9. The van der Waals surface area contributed by atoms with Gasteiger partial charge in [-0.3, -0.25) is 0 Å². The zero-order valence-electron chi connectivity index (χ0n) is 21.5. The predicted molar refractivity (Wildman–Crippen MR) is 151 cm³/mol. The van der Waals surface area contributed by atoms with Crippen molar-refractivity contribution in [1.29, 1.82) is 0 Å². The highest BCUT2D eigenvalue weighted by atomic mass is 79.9. The zero-order valence-corrected chi connectivity index (χ0v) is 23.1. The summed E-state index contributed by atoms with van der Waals surface area (Å²) in [5, 5.41) is 0. The summed E-state index contributed by atoms with van der Waals surface area (Å²) in [6, 6.07) is 17.7. The monoisotopic (exact) mass is 517 g/mol. The summed E-state index contributed by atoms with van der Waals surface area (Å²) >= 11 is 3.84. The van der Waals surface area contributed by atoms with Gasteiger partial charge in [0.05, 0.1) is 5.41 Å². The molecule has 2 aliphatic rings. The van der Waals surface area contributed by atoms with Crippen molar-refractivity contribution in [2.45, 2.75) is 65.2 Å². The highest BCUT2D eigenvalue weighted by Gasteiger charge is 2.43. The second-order valence-corrected chi connectivity index (χ2v) is 11.3. The number of hydrogen-bond acceptors (Lipinski definition) is 1. The molecule has 2 aromatic carbocycles. The third-order valence-corrected chi connectivity index (χ3v) is 7.82. The van der Waals surface area contributed by atoms with E-state index in [4.69, 9.17) is 0 Å². The average molecular weight is 519 g/mol. The minimum atomic E-state index is -0.0129. The Labute approximate surface area is 214 Å². The second-order valence-electron chi connectivity index (χ2n) is 10.4. The van der Waals surface area contributed by atoms with E-state index in [-0.39, 0.29) is 10.8 Å². The van der Waals surface area contributed by atoms with Crippen LogP contribution in [0.3, 0.4) is 0 Å². The Hall–Kier alpha value is -2.39. The molecule has 0 saturated heterocycles. The van der Waals surface area contributed by atoms with E-state index in [1.54, 1.807) is 0 Å². The topological polar surface area (TPSA) is 6.25 Å². The van der Waals surface area contributed by atoms with Gasteiger partial charge in [-0.15, -0.1) is 0 Å². The molecule has 34 heavy (non-hydrogen) atoms. The number of allylic oxidation sites excluding steroid dienone is 6. The largest absolute Gasteiger partial charge is 0.344 e. The summed E-state index contributed by atoms with van der Waals surface area (Å²) in [4.78, 5) is 2.49. The molecule has 0 N–H and O–H groups in total. The fourth-order valence-electron chi connectivity index (χ4n) is 5.58. The Morgan fingerprint density at radius 1 is 0.912 bits per heavy atom. The molecule has 0 bridgehead atoms. The Bertz CT molecular complexity index is 1190. The number of anilines is 1. The molecule has 0 saturated carbocycles. The molecule has 0 amide bonds. The van der Waals surface area contributed by atoms with E-state index in [0.717, 1.165) is 30.4 Å². The molecule has 0 unspecified atom stereocenters. The summed E-state index contributed by atoms with van der Waals surface area (Å²) in [6.07, 6.45) is 11.3. The Morgan fingerprint density at radius 3 is 2.29 bits per heavy atom. The summed E-state index contributed by atoms with van der Waals surface area (Å²) < 4.78 is 3.57. The first-order chi connectivity index (χ1) is 16.2. The standard InChI is InChI=1S/C31H38BrN2/c1-7-21-33-26-15-11-9-13-24(26)30(3,4)28(33)19-17-23(32)18-20-29-31(5,6)25-14-10-12-16-27(25)34(29)22-8-2/h9-20H,7-8,21-22H2,1-6H3/q+1. The lowest BCUT2D eigenvalue weighted by Crippen LogP contribution is -2.27. The van der Waals surface area contributed by atoms with Crippen LogP contribution in [0.4, 0.5) is 11.4 Å². The molecule has 2 aromatic rings. The van der Waals surface area contributed by atoms with Crippen LogP contribution in [-0.4, -0.2) is 23.4 Å². The van der Waals surface area contributed by atoms with Crippen LogP contribution in [-0.2, 0) is 10.8 Å². The first-order valence-electron chi connectivity index (χ1n) is 12.6. The maximum absolute atomic E-state index is 3.84. The number of fused-ring (bicyclic) bond motifs is 2. The molecule has 0 aromatic heterocycles. The number of halogens is 1. The van der Waals surface area contributed by atoms with Gasteiger partial charge in [-0.25, -0.2) is 0 Å². The fourth-order valence-corrected chi connectivity index (χ4v) is 5.85. The third kappa shape index (κ3) is 4.24. The molecule has 0 radical (unpaired) electrons. The maximum atomic E-state index is 3.84. The minimum absolute atomic E-state index is 0.0129. The molecule has 178 valence electrons.